The lowest BCUT2D eigenvalue weighted by atomic mass is 10.1. The quantitative estimate of drug-likeness (QED) is 0.807. The van der Waals surface area contributed by atoms with E-state index in [4.69, 9.17) is 15.2 Å². The maximum absolute atomic E-state index is 5.87. The van der Waals surface area contributed by atoms with Gasteiger partial charge in [0.15, 0.2) is 11.5 Å². The van der Waals surface area contributed by atoms with Crippen molar-refractivity contribution in [2.45, 2.75) is 19.9 Å². The van der Waals surface area contributed by atoms with Gasteiger partial charge in [-0.15, -0.1) is 0 Å². The van der Waals surface area contributed by atoms with Gasteiger partial charge >= 0.3 is 0 Å². The SMILES string of the molecule is COc1cc(Br)c(C(CN)NCC(C)C)cc1OC. The van der Waals surface area contributed by atoms with Crippen molar-refractivity contribution in [2.75, 3.05) is 27.3 Å². The van der Waals surface area contributed by atoms with Crippen molar-refractivity contribution in [3.8, 4) is 11.5 Å². The molecule has 0 bridgehead atoms. The lowest BCUT2D eigenvalue weighted by Gasteiger charge is -2.21. The molecule has 1 atom stereocenters. The molecular formula is C14H23BrN2O2. The Morgan fingerprint density at radius 2 is 1.79 bits per heavy atom. The van der Waals surface area contributed by atoms with Crippen LogP contribution in [-0.4, -0.2) is 27.3 Å². The number of methoxy groups -OCH3 is 2. The van der Waals surface area contributed by atoms with Gasteiger partial charge in [0.25, 0.3) is 0 Å². The maximum atomic E-state index is 5.87. The number of nitrogens with one attached hydrogen (secondary N) is 1. The van der Waals surface area contributed by atoms with Gasteiger partial charge in [0.2, 0.25) is 0 Å². The molecule has 1 rings (SSSR count). The van der Waals surface area contributed by atoms with E-state index in [2.05, 4.69) is 35.1 Å². The second kappa shape index (κ2) is 7.72. The van der Waals surface area contributed by atoms with E-state index in [0.29, 0.717) is 24.0 Å². The lowest BCUT2D eigenvalue weighted by Crippen LogP contribution is -2.31. The minimum absolute atomic E-state index is 0.0941. The van der Waals surface area contributed by atoms with Crippen LogP contribution in [0.5, 0.6) is 11.5 Å². The van der Waals surface area contributed by atoms with Crippen molar-refractivity contribution in [3.05, 3.63) is 22.2 Å². The molecule has 0 saturated heterocycles. The molecule has 0 aliphatic carbocycles. The third-order valence-electron chi connectivity index (χ3n) is 2.89. The van der Waals surface area contributed by atoms with Crippen LogP contribution in [0.2, 0.25) is 0 Å². The standard InChI is InChI=1S/C14H23BrN2O2/c1-9(2)8-17-12(7-16)10-5-13(18-3)14(19-4)6-11(10)15/h5-6,9,12,17H,7-8,16H2,1-4H3. The highest BCUT2D eigenvalue weighted by molar-refractivity contribution is 9.10. The molecule has 0 aromatic heterocycles. The van der Waals surface area contributed by atoms with Crippen molar-refractivity contribution in [1.29, 1.82) is 0 Å². The van der Waals surface area contributed by atoms with Gasteiger partial charge in [0, 0.05) is 17.1 Å². The van der Waals surface area contributed by atoms with E-state index in [1.165, 1.54) is 0 Å². The van der Waals surface area contributed by atoms with E-state index >= 15 is 0 Å². The Morgan fingerprint density at radius 1 is 1.21 bits per heavy atom. The molecule has 0 aliphatic heterocycles. The van der Waals surface area contributed by atoms with Gasteiger partial charge in [-0.25, -0.2) is 0 Å². The summed E-state index contributed by atoms with van der Waals surface area (Å²) in [7, 11) is 3.26. The molecule has 108 valence electrons. The summed E-state index contributed by atoms with van der Waals surface area (Å²) in [5.41, 5.74) is 6.95. The van der Waals surface area contributed by atoms with E-state index < -0.39 is 0 Å². The average Bonchev–Trinajstić information content (AvgIpc) is 2.40. The first-order chi connectivity index (χ1) is 9.03. The molecule has 0 radical (unpaired) electrons. The van der Waals surface area contributed by atoms with Crippen LogP contribution in [0.3, 0.4) is 0 Å². The zero-order valence-corrected chi connectivity index (χ0v) is 13.6. The summed E-state index contributed by atoms with van der Waals surface area (Å²) < 4.78 is 11.6. The number of benzene rings is 1. The predicted octanol–water partition coefficient (Wildman–Crippen LogP) is 2.71. The fourth-order valence-corrected chi connectivity index (χ4v) is 2.43. The average molecular weight is 331 g/mol. The van der Waals surface area contributed by atoms with Crippen LogP contribution in [0.4, 0.5) is 0 Å². The van der Waals surface area contributed by atoms with E-state index in [1.54, 1.807) is 14.2 Å². The Morgan fingerprint density at radius 3 is 2.26 bits per heavy atom. The largest absolute Gasteiger partial charge is 0.493 e. The zero-order valence-electron chi connectivity index (χ0n) is 12.0. The van der Waals surface area contributed by atoms with Gasteiger partial charge in [-0.1, -0.05) is 29.8 Å². The van der Waals surface area contributed by atoms with Crippen molar-refractivity contribution in [2.24, 2.45) is 11.7 Å². The molecule has 19 heavy (non-hydrogen) atoms. The first kappa shape index (κ1) is 16.3. The lowest BCUT2D eigenvalue weighted by molar-refractivity contribution is 0.353. The first-order valence-electron chi connectivity index (χ1n) is 6.38. The van der Waals surface area contributed by atoms with Crippen LogP contribution in [-0.2, 0) is 0 Å². The summed E-state index contributed by atoms with van der Waals surface area (Å²) in [6.07, 6.45) is 0. The normalized spacial score (nSPS) is 12.6. The highest BCUT2D eigenvalue weighted by atomic mass is 79.9. The Labute approximate surface area is 123 Å². The van der Waals surface area contributed by atoms with Crippen LogP contribution in [0, 0.1) is 5.92 Å². The number of halogens is 1. The van der Waals surface area contributed by atoms with Crippen LogP contribution in [0.25, 0.3) is 0 Å². The van der Waals surface area contributed by atoms with E-state index in [-0.39, 0.29) is 6.04 Å². The second-order valence-corrected chi connectivity index (χ2v) is 5.67. The second-order valence-electron chi connectivity index (χ2n) is 4.82. The molecule has 0 amide bonds. The summed E-state index contributed by atoms with van der Waals surface area (Å²) >= 11 is 3.57. The summed E-state index contributed by atoms with van der Waals surface area (Å²) in [5, 5.41) is 3.46. The first-order valence-corrected chi connectivity index (χ1v) is 7.17. The number of nitrogens with two attached hydrogens (primary N) is 1. The van der Waals surface area contributed by atoms with Gasteiger partial charge in [-0.2, -0.15) is 0 Å². The van der Waals surface area contributed by atoms with Gasteiger partial charge < -0.3 is 20.5 Å². The molecule has 0 saturated carbocycles. The molecule has 0 spiro atoms. The van der Waals surface area contributed by atoms with Crippen LogP contribution >= 0.6 is 15.9 Å². The topological polar surface area (TPSA) is 56.5 Å². The minimum atomic E-state index is 0.0941. The highest BCUT2D eigenvalue weighted by Crippen LogP contribution is 2.35. The van der Waals surface area contributed by atoms with Gasteiger partial charge in [0.05, 0.1) is 14.2 Å². The molecule has 0 aliphatic rings. The summed E-state index contributed by atoms with van der Waals surface area (Å²) in [6, 6.07) is 3.97. The fraction of sp³-hybridized carbons (Fsp3) is 0.571. The maximum Gasteiger partial charge on any atom is 0.161 e. The van der Waals surface area contributed by atoms with E-state index in [0.717, 1.165) is 16.6 Å². The monoisotopic (exact) mass is 330 g/mol. The van der Waals surface area contributed by atoms with Crippen molar-refractivity contribution in [1.82, 2.24) is 5.32 Å². The third-order valence-corrected chi connectivity index (χ3v) is 3.57. The Hall–Kier alpha value is -0.780. The van der Waals surface area contributed by atoms with Gasteiger partial charge in [-0.05, 0) is 30.2 Å². The Bertz CT molecular complexity index is 411. The fourth-order valence-electron chi connectivity index (χ4n) is 1.84. The molecule has 1 aromatic carbocycles. The third kappa shape index (κ3) is 4.37. The van der Waals surface area contributed by atoms with E-state index in [1.807, 2.05) is 12.1 Å². The van der Waals surface area contributed by atoms with E-state index in [9.17, 15) is 0 Å². The summed E-state index contributed by atoms with van der Waals surface area (Å²) in [4.78, 5) is 0. The number of hydrogen-bond acceptors (Lipinski definition) is 4. The smallest absolute Gasteiger partial charge is 0.161 e. The highest BCUT2D eigenvalue weighted by Gasteiger charge is 2.17. The summed E-state index contributed by atoms with van der Waals surface area (Å²) in [5.74, 6) is 2.00. The molecule has 4 nitrogen and oxygen atoms in total. The van der Waals surface area contributed by atoms with Crippen molar-refractivity contribution >= 4 is 15.9 Å². The van der Waals surface area contributed by atoms with Crippen LogP contribution in [0.1, 0.15) is 25.5 Å². The van der Waals surface area contributed by atoms with Crippen molar-refractivity contribution < 1.29 is 9.47 Å². The molecular weight excluding hydrogens is 308 g/mol. The van der Waals surface area contributed by atoms with Gasteiger partial charge in [-0.3, -0.25) is 0 Å². The Kier molecular flexibility index (Phi) is 6.62. The predicted molar refractivity (Wildman–Crippen MR) is 81.9 cm³/mol. The Balaban J connectivity index is 3.02. The molecule has 3 N–H and O–H groups in total. The van der Waals surface area contributed by atoms with Crippen molar-refractivity contribution in [3.63, 3.8) is 0 Å². The number of rotatable bonds is 7. The molecule has 0 fully saturated rings. The molecule has 1 unspecified atom stereocenters. The minimum Gasteiger partial charge on any atom is -0.493 e. The zero-order chi connectivity index (χ0) is 14.4. The van der Waals surface area contributed by atoms with Crippen LogP contribution < -0.4 is 20.5 Å². The number of hydrogen-bond donors (Lipinski definition) is 2. The summed E-state index contributed by atoms with van der Waals surface area (Å²) in [6.45, 7) is 5.79. The molecule has 5 heteroatoms. The van der Waals surface area contributed by atoms with Crippen LogP contribution in [0.15, 0.2) is 16.6 Å². The molecule has 1 aromatic rings. The molecule has 0 heterocycles. The van der Waals surface area contributed by atoms with Gasteiger partial charge in [0.1, 0.15) is 0 Å². The number of ether oxygens (including phenoxy) is 2.